The third-order valence-electron chi connectivity index (χ3n) is 2.53. The molecule has 0 radical (unpaired) electrons. The molecule has 1 atom stereocenters. The molecule has 0 bridgehead atoms. The van der Waals surface area contributed by atoms with E-state index in [0.29, 0.717) is 18.7 Å². The molecule has 0 aliphatic rings. The first-order valence-corrected chi connectivity index (χ1v) is 7.52. The molecule has 6 nitrogen and oxygen atoms in total. The minimum absolute atomic E-state index is 0.196. The van der Waals surface area contributed by atoms with E-state index in [0.717, 1.165) is 6.26 Å². The SMILES string of the molecule is COCCC(Nc1ccc(S(C)(=O)=O)cc1)C(=O)O. The fourth-order valence-corrected chi connectivity index (χ4v) is 2.12. The highest BCUT2D eigenvalue weighted by Crippen LogP contribution is 2.15. The van der Waals surface area contributed by atoms with Gasteiger partial charge in [0.25, 0.3) is 0 Å². The number of carboxylic acids is 1. The molecule has 2 N–H and O–H groups in total. The van der Waals surface area contributed by atoms with Crippen molar-refractivity contribution in [3.8, 4) is 0 Å². The lowest BCUT2D eigenvalue weighted by atomic mass is 10.2. The van der Waals surface area contributed by atoms with Crippen molar-refractivity contribution >= 4 is 21.5 Å². The van der Waals surface area contributed by atoms with Crippen LogP contribution in [-0.2, 0) is 19.4 Å². The third-order valence-corrected chi connectivity index (χ3v) is 3.66. The number of methoxy groups -OCH3 is 1. The van der Waals surface area contributed by atoms with Crippen LogP contribution in [0.2, 0.25) is 0 Å². The van der Waals surface area contributed by atoms with E-state index < -0.39 is 21.8 Å². The van der Waals surface area contributed by atoms with E-state index in [1.165, 1.54) is 19.2 Å². The molecule has 0 spiro atoms. The fraction of sp³-hybridized carbons (Fsp3) is 0.417. The molecular formula is C12H17NO5S. The lowest BCUT2D eigenvalue weighted by molar-refractivity contribution is -0.138. The van der Waals surface area contributed by atoms with Crippen molar-refractivity contribution in [1.29, 1.82) is 0 Å². The number of ether oxygens (including phenoxy) is 1. The van der Waals surface area contributed by atoms with E-state index in [2.05, 4.69) is 5.32 Å². The average molecular weight is 287 g/mol. The van der Waals surface area contributed by atoms with E-state index in [4.69, 9.17) is 9.84 Å². The summed E-state index contributed by atoms with van der Waals surface area (Å²) in [4.78, 5) is 11.2. The lowest BCUT2D eigenvalue weighted by Crippen LogP contribution is -2.30. The number of hydrogen-bond donors (Lipinski definition) is 2. The van der Waals surface area contributed by atoms with Gasteiger partial charge in [-0.3, -0.25) is 0 Å². The summed E-state index contributed by atoms with van der Waals surface area (Å²) in [5.41, 5.74) is 0.552. The van der Waals surface area contributed by atoms with Gasteiger partial charge < -0.3 is 15.2 Å². The smallest absolute Gasteiger partial charge is 0.326 e. The molecule has 0 heterocycles. The van der Waals surface area contributed by atoms with Crippen molar-refractivity contribution in [2.45, 2.75) is 17.4 Å². The Morgan fingerprint density at radius 1 is 1.37 bits per heavy atom. The summed E-state index contributed by atoms with van der Waals surface area (Å²) >= 11 is 0. The van der Waals surface area contributed by atoms with Crippen LogP contribution in [0.15, 0.2) is 29.2 Å². The maximum Gasteiger partial charge on any atom is 0.326 e. The van der Waals surface area contributed by atoms with E-state index in [1.54, 1.807) is 12.1 Å². The molecule has 0 saturated carbocycles. The molecule has 0 aromatic heterocycles. The first-order valence-electron chi connectivity index (χ1n) is 5.63. The summed E-state index contributed by atoms with van der Waals surface area (Å²) in [5, 5.41) is 11.8. The van der Waals surface area contributed by atoms with Crippen LogP contribution in [0.1, 0.15) is 6.42 Å². The van der Waals surface area contributed by atoms with Gasteiger partial charge in [0.15, 0.2) is 9.84 Å². The van der Waals surface area contributed by atoms with Gasteiger partial charge in [0.1, 0.15) is 6.04 Å². The van der Waals surface area contributed by atoms with Crippen LogP contribution in [0.3, 0.4) is 0 Å². The van der Waals surface area contributed by atoms with Crippen LogP contribution in [-0.4, -0.2) is 45.5 Å². The van der Waals surface area contributed by atoms with Crippen molar-refractivity contribution in [3.63, 3.8) is 0 Å². The van der Waals surface area contributed by atoms with Crippen molar-refractivity contribution in [1.82, 2.24) is 0 Å². The molecule has 1 unspecified atom stereocenters. The Labute approximate surface area is 112 Å². The predicted octanol–water partition coefficient (Wildman–Crippen LogP) is 0.992. The normalized spacial score (nSPS) is 12.9. The molecule has 0 amide bonds. The number of hydrogen-bond acceptors (Lipinski definition) is 5. The van der Waals surface area contributed by atoms with Crippen LogP contribution in [0, 0.1) is 0 Å². The fourth-order valence-electron chi connectivity index (χ4n) is 1.49. The quantitative estimate of drug-likeness (QED) is 0.777. The number of benzene rings is 1. The van der Waals surface area contributed by atoms with Gasteiger partial charge in [0.05, 0.1) is 4.90 Å². The Hall–Kier alpha value is -1.60. The highest BCUT2D eigenvalue weighted by atomic mass is 32.2. The van der Waals surface area contributed by atoms with E-state index in [-0.39, 0.29) is 4.90 Å². The summed E-state index contributed by atoms with van der Waals surface area (Å²) in [7, 11) is -1.74. The van der Waals surface area contributed by atoms with Crippen LogP contribution in [0.5, 0.6) is 0 Å². The van der Waals surface area contributed by atoms with Crippen molar-refractivity contribution in [2.24, 2.45) is 0 Å². The van der Waals surface area contributed by atoms with Gasteiger partial charge in [-0.1, -0.05) is 0 Å². The minimum Gasteiger partial charge on any atom is -0.480 e. The second-order valence-electron chi connectivity index (χ2n) is 4.11. The van der Waals surface area contributed by atoms with Gasteiger partial charge in [-0.2, -0.15) is 0 Å². The van der Waals surface area contributed by atoms with Crippen LogP contribution < -0.4 is 5.32 Å². The summed E-state index contributed by atoms with van der Waals surface area (Å²) in [6.45, 7) is 0.325. The number of nitrogens with one attached hydrogen (secondary N) is 1. The summed E-state index contributed by atoms with van der Waals surface area (Å²) in [6, 6.07) is 5.18. The number of sulfone groups is 1. The van der Waals surface area contributed by atoms with Gasteiger partial charge in [0, 0.05) is 32.1 Å². The highest BCUT2D eigenvalue weighted by Gasteiger charge is 2.17. The summed E-state index contributed by atoms with van der Waals surface area (Å²) in [6.07, 6.45) is 1.44. The molecule has 0 aliphatic carbocycles. The number of carboxylic acid groups (broad SMARTS) is 1. The standard InChI is InChI=1S/C12H17NO5S/c1-18-8-7-11(12(14)15)13-9-3-5-10(6-4-9)19(2,16)17/h3-6,11,13H,7-8H2,1-2H3,(H,14,15). The average Bonchev–Trinajstić information content (AvgIpc) is 2.33. The Kier molecular flexibility index (Phi) is 5.31. The minimum atomic E-state index is -3.24. The van der Waals surface area contributed by atoms with E-state index >= 15 is 0 Å². The maximum atomic E-state index is 11.3. The van der Waals surface area contributed by atoms with Crippen molar-refractivity contribution in [2.75, 3.05) is 25.3 Å². The third kappa shape index (κ3) is 4.88. The first kappa shape index (κ1) is 15.5. The van der Waals surface area contributed by atoms with Gasteiger partial charge in [-0.15, -0.1) is 0 Å². The Bertz CT molecular complexity index is 524. The lowest BCUT2D eigenvalue weighted by Gasteiger charge is -2.15. The number of rotatable bonds is 7. The molecule has 7 heteroatoms. The van der Waals surface area contributed by atoms with E-state index in [9.17, 15) is 13.2 Å². The van der Waals surface area contributed by atoms with Crippen LogP contribution in [0.4, 0.5) is 5.69 Å². The molecule has 106 valence electrons. The summed E-state index contributed by atoms with van der Waals surface area (Å²) in [5.74, 6) is -0.982. The zero-order valence-corrected chi connectivity index (χ0v) is 11.6. The van der Waals surface area contributed by atoms with Crippen molar-refractivity contribution < 1.29 is 23.1 Å². The van der Waals surface area contributed by atoms with Gasteiger partial charge in [0.2, 0.25) is 0 Å². The second kappa shape index (κ2) is 6.53. The number of anilines is 1. The van der Waals surface area contributed by atoms with Gasteiger partial charge in [-0.05, 0) is 24.3 Å². The Balaban J connectivity index is 2.78. The Morgan fingerprint density at radius 2 is 1.95 bits per heavy atom. The van der Waals surface area contributed by atoms with Gasteiger partial charge >= 0.3 is 5.97 Å². The van der Waals surface area contributed by atoms with Crippen LogP contribution in [0.25, 0.3) is 0 Å². The number of aliphatic carboxylic acids is 1. The molecule has 0 saturated heterocycles. The topological polar surface area (TPSA) is 92.7 Å². The Morgan fingerprint density at radius 3 is 2.37 bits per heavy atom. The maximum absolute atomic E-state index is 11.3. The number of carbonyl (C=O) groups is 1. The molecule has 1 rings (SSSR count). The monoisotopic (exact) mass is 287 g/mol. The van der Waals surface area contributed by atoms with Crippen molar-refractivity contribution in [3.05, 3.63) is 24.3 Å². The highest BCUT2D eigenvalue weighted by molar-refractivity contribution is 7.90. The molecular weight excluding hydrogens is 270 g/mol. The second-order valence-corrected chi connectivity index (χ2v) is 6.13. The molecule has 0 aliphatic heterocycles. The van der Waals surface area contributed by atoms with E-state index in [1.807, 2.05) is 0 Å². The van der Waals surface area contributed by atoms with Crippen LogP contribution >= 0.6 is 0 Å². The first-order chi connectivity index (χ1) is 8.84. The van der Waals surface area contributed by atoms with Gasteiger partial charge in [-0.25, -0.2) is 13.2 Å². The summed E-state index contributed by atoms with van der Waals surface area (Å²) < 4.78 is 27.4. The molecule has 1 aromatic carbocycles. The zero-order valence-electron chi connectivity index (χ0n) is 10.8. The predicted molar refractivity (Wildman–Crippen MR) is 71.1 cm³/mol. The molecule has 0 fully saturated rings. The molecule has 19 heavy (non-hydrogen) atoms. The zero-order chi connectivity index (χ0) is 14.5. The molecule has 1 aromatic rings. The largest absolute Gasteiger partial charge is 0.480 e.